The van der Waals surface area contributed by atoms with Gasteiger partial charge in [-0.25, -0.2) is 9.07 Å². The van der Waals surface area contributed by atoms with E-state index in [0.717, 1.165) is 40.5 Å². The first-order chi connectivity index (χ1) is 8.66. The Kier molecular flexibility index (Phi) is 3.27. The molecule has 0 aliphatic carbocycles. The SMILES string of the molecule is Cc1cc(F)c2c(c1)c(I)nn2C1CCCCO1. The minimum atomic E-state index is -0.213. The maximum absolute atomic E-state index is 14.2. The first-order valence-electron chi connectivity index (χ1n) is 6.12. The second kappa shape index (κ2) is 4.77. The largest absolute Gasteiger partial charge is 0.356 e. The van der Waals surface area contributed by atoms with Crippen molar-refractivity contribution in [3.8, 4) is 0 Å². The minimum absolute atomic E-state index is 0.123. The molecule has 0 bridgehead atoms. The van der Waals surface area contributed by atoms with Crippen LogP contribution in [0.5, 0.6) is 0 Å². The molecule has 0 amide bonds. The monoisotopic (exact) mass is 360 g/mol. The Balaban J connectivity index is 2.17. The first kappa shape index (κ1) is 12.3. The van der Waals surface area contributed by atoms with Crippen LogP contribution in [0.3, 0.4) is 0 Å². The number of rotatable bonds is 1. The van der Waals surface area contributed by atoms with Crippen LogP contribution in [0.15, 0.2) is 12.1 Å². The molecule has 0 radical (unpaired) electrons. The maximum atomic E-state index is 14.2. The third-order valence-corrected chi connectivity index (χ3v) is 4.08. The zero-order chi connectivity index (χ0) is 12.7. The molecule has 1 aromatic heterocycles. The van der Waals surface area contributed by atoms with Gasteiger partial charge in [-0.2, -0.15) is 5.10 Å². The molecule has 5 heteroatoms. The maximum Gasteiger partial charge on any atom is 0.151 e. The summed E-state index contributed by atoms with van der Waals surface area (Å²) in [6, 6.07) is 3.53. The molecule has 1 saturated heterocycles. The van der Waals surface area contributed by atoms with Gasteiger partial charge >= 0.3 is 0 Å². The molecule has 1 aromatic carbocycles. The molecule has 1 aliphatic heterocycles. The van der Waals surface area contributed by atoms with E-state index in [1.165, 1.54) is 0 Å². The average molecular weight is 360 g/mol. The van der Waals surface area contributed by atoms with E-state index in [0.29, 0.717) is 5.52 Å². The molecule has 1 aliphatic rings. The fraction of sp³-hybridized carbons (Fsp3) is 0.462. The quantitative estimate of drug-likeness (QED) is 0.724. The van der Waals surface area contributed by atoms with Crippen LogP contribution in [0.1, 0.15) is 31.1 Å². The summed E-state index contributed by atoms with van der Waals surface area (Å²) in [6.45, 7) is 2.63. The number of hydrogen-bond acceptors (Lipinski definition) is 2. The van der Waals surface area contributed by atoms with Crippen LogP contribution >= 0.6 is 22.6 Å². The molecule has 1 atom stereocenters. The fourth-order valence-electron chi connectivity index (χ4n) is 2.45. The normalized spacial score (nSPS) is 20.5. The number of aryl methyl sites for hydroxylation is 1. The first-order valence-corrected chi connectivity index (χ1v) is 7.20. The second-order valence-electron chi connectivity index (χ2n) is 4.70. The number of ether oxygens (including phenoxy) is 1. The van der Waals surface area contributed by atoms with Gasteiger partial charge < -0.3 is 4.74 Å². The van der Waals surface area contributed by atoms with Crippen molar-refractivity contribution in [2.45, 2.75) is 32.4 Å². The summed E-state index contributed by atoms with van der Waals surface area (Å²) < 4.78 is 22.4. The molecule has 2 heterocycles. The second-order valence-corrected chi connectivity index (χ2v) is 5.72. The van der Waals surface area contributed by atoms with Gasteiger partial charge in [-0.05, 0) is 66.5 Å². The van der Waals surface area contributed by atoms with Crippen molar-refractivity contribution >= 4 is 33.5 Å². The zero-order valence-corrected chi connectivity index (χ0v) is 12.3. The van der Waals surface area contributed by atoms with E-state index in [2.05, 4.69) is 27.7 Å². The van der Waals surface area contributed by atoms with E-state index in [4.69, 9.17) is 4.74 Å². The number of nitrogens with zero attached hydrogens (tertiary/aromatic N) is 2. The van der Waals surface area contributed by atoms with Crippen molar-refractivity contribution < 1.29 is 9.13 Å². The lowest BCUT2D eigenvalue weighted by atomic mass is 10.1. The third kappa shape index (κ3) is 2.03. The summed E-state index contributed by atoms with van der Waals surface area (Å²) in [7, 11) is 0. The standard InChI is InChI=1S/C13H14FIN2O/c1-8-6-9-12(10(14)7-8)17(16-13(9)15)11-4-2-3-5-18-11/h6-7,11H,2-5H2,1H3. The van der Waals surface area contributed by atoms with Crippen LogP contribution in [0.4, 0.5) is 4.39 Å². The zero-order valence-electron chi connectivity index (χ0n) is 10.1. The van der Waals surface area contributed by atoms with Crippen LogP contribution < -0.4 is 0 Å². The molecule has 0 spiro atoms. The molecule has 1 unspecified atom stereocenters. The van der Waals surface area contributed by atoms with Crippen LogP contribution in [0.25, 0.3) is 10.9 Å². The highest BCUT2D eigenvalue weighted by molar-refractivity contribution is 14.1. The Labute approximate surface area is 118 Å². The summed E-state index contributed by atoms with van der Waals surface area (Å²) in [6.07, 6.45) is 2.96. The third-order valence-electron chi connectivity index (χ3n) is 3.28. The summed E-state index contributed by atoms with van der Waals surface area (Å²) >= 11 is 2.15. The number of benzene rings is 1. The number of fused-ring (bicyclic) bond motifs is 1. The molecular weight excluding hydrogens is 346 g/mol. The van der Waals surface area contributed by atoms with E-state index in [9.17, 15) is 4.39 Å². The molecule has 3 rings (SSSR count). The molecule has 96 valence electrons. The van der Waals surface area contributed by atoms with Gasteiger partial charge in [0.1, 0.15) is 15.0 Å². The topological polar surface area (TPSA) is 27.1 Å². The Morgan fingerprint density at radius 3 is 3.00 bits per heavy atom. The van der Waals surface area contributed by atoms with Crippen LogP contribution in [0.2, 0.25) is 0 Å². The van der Waals surface area contributed by atoms with E-state index >= 15 is 0 Å². The number of halogens is 2. The van der Waals surface area contributed by atoms with Gasteiger partial charge in [0.2, 0.25) is 0 Å². The van der Waals surface area contributed by atoms with Crippen molar-refractivity contribution in [3.63, 3.8) is 0 Å². The Morgan fingerprint density at radius 2 is 2.28 bits per heavy atom. The predicted molar refractivity (Wildman–Crippen MR) is 76.0 cm³/mol. The smallest absolute Gasteiger partial charge is 0.151 e. The van der Waals surface area contributed by atoms with E-state index in [1.807, 2.05) is 13.0 Å². The van der Waals surface area contributed by atoms with Crippen molar-refractivity contribution in [2.24, 2.45) is 0 Å². The predicted octanol–water partition coefficient (Wildman–Crippen LogP) is 3.79. The average Bonchev–Trinajstić information content (AvgIpc) is 2.68. The van der Waals surface area contributed by atoms with Gasteiger partial charge in [-0.15, -0.1) is 0 Å². The van der Waals surface area contributed by atoms with Gasteiger partial charge in [-0.3, -0.25) is 0 Å². The van der Waals surface area contributed by atoms with Crippen molar-refractivity contribution in [3.05, 3.63) is 27.2 Å². The van der Waals surface area contributed by atoms with Crippen LogP contribution in [-0.2, 0) is 4.74 Å². The minimum Gasteiger partial charge on any atom is -0.356 e. The van der Waals surface area contributed by atoms with Crippen LogP contribution in [0, 0.1) is 16.4 Å². The van der Waals surface area contributed by atoms with Crippen LogP contribution in [-0.4, -0.2) is 16.4 Å². The summed E-state index contributed by atoms with van der Waals surface area (Å²) in [5, 5.41) is 5.33. The lowest BCUT2D eigenvalue weighted by Crippen LogP contribution is -2.19. The van der Waals surface area contributed by atoms with Gasteiger partial charge in [-0.1, -0.05) is 0 Å². The van der Waals surface area contributed by atoms with Gasteiger partial charge in [0.25, 0.3) is 0 Å². The summed E-state index contributed by atoms with van der Waals surface area (Å²) in [4.78, 5) is 0. The van der Waals surface area contributed by atoms with Crippen molar-refractivity contribution in [1.29, 1.82) is 0 Å². The molecule has 0 saturated carbocycles. The molecule has 18 heavy (non-hydrogen) atoms. The molecule has 3 nitrogen and oxygen atoms in total. The molecule has 1 fully saturated rings. The van der Waals surface area contributed by atoms with Gasteiger partial charge in [0.15, 0.2) is 6.23 Å². The Bertz CT molecular complexity index is 590. The number of hydrogen-bond donors (Lipinski definition) is 0. The number of aromatic nitrogens is 2. The highest BCUT2D eigenvalue weighted by Crippen LogP contribution is 2.30. The highest BCUT2D eigenvalue weighted by Gasteiger charge is 2.22. The summed E-state index contributed by atoms with van der Waals surface area (Å²) in [5.41, 5.74) is 1.49. The van der Waals surface area contributed by atoms with Gasteiger partial charge in [0.05, 0.1) is 0 Å². The Hall–Kier alpha value is -0.690. The Morgan fingerprint density at radius 1 is 1.44 bits per heavy atom. The molecule has 0 N–H and O–H groups in total. The fourth-order valence-corrected chi connectivity index (χ4v) is 3.09. The van der Waals surface area contributed by atoms with Crippen molar-refractivity contribution in [2.75, 3.05) is 6.61 Å². The van der Waals surface area contributed by atoms with E-state index in [1.54, 1.807) is 10.7 Å². The molecular formula is C13H14FIN2O. The highest BCUT2D eigenvalue weighted by atomic mass is 127. The van der Waals surface area contributed by atoms with E-state index in [-0.39, 0.29) is 12.0 Å². The van der Waals surface area contributed by atoms with Gasteiger partial charge in [0, 0.05) is 12.0 Å². The lowest BCUT2D eigenvalue weighted by Gasteiger charge is -2.23. The van der Waals surface area contributed by atoms with E-state index < -0.39 is 0 Å². The summed E-state index contributed by atoms with van der Waals surface area (Å²) in [5.74, 6) is -0.213. The lowest BCUT2D eigenvalue weighted by molar-refractivity contribution is -0.0371. The molecule has 2 aromatic rings. The van der Waals surface area contributed by atoms with Crippen molar-refractivity contribution in [1.82, 2.24) is 9.78 Å².